The molecule has 2 aromatic carbocycles. The minimum Gasteiger partial charge on any atom is -0.508 e. The third-order valence-electron chi connectivity index (χ3n) is 4.57. The molecule has 0 bridgehead atoms. The molecule has 1 amide bonds. The van der Waals surface area contributed by atoms with Crippen LogP contribution in [-0.2, 0) is 4.79 Å². The van der Waals surface area contributed by atoms with Crippen LogP contribution in [0.15, 0.2) is 64.5 Å². The molecular formula is C22H18FN3O2S. The number of amides is 1. The summed E-state index contributed by atoms with van der Waals surface area (Å²) < 4.78 is 15.1. The molecule has 0 atom stereocenters. The van der Waals surface area contributed by atoms with Crippen LogP contribution in [-0.4, -0.2) is 20.7 Å². The molecule has 0 unspecified atom stereocenters. The summed E-state index contributed by atoms with van der Waals surface area (Å²) in [4.78, 5) is 17.3. The van der Waals surface area contributed by atoms with E-state index in [4.69, 9.17) is 0 Å². The fourth-order valence-electron chi connectivity index (χ4n) is 3.19. The van der Waals surface area contributed by atoms with Gasteiger partial charge in [0.15, 0.2) is 5.17 Å². The second kappa shape index (κ2) is 7.60. The van der Waals surface area contributed by atoms with Gasteiger partial charge in [0.2, 0.25) is 0 Å². The standard InChI is InChI=1S/C22H18FN3O2S/c1-13-11-15(14(2)26(13)18-7-9-19(27)10-8-18)12-20-21(28)25-22(29-20)24-17-5-3-16(23)4-6-17/h3-12,27H,1-2H3,(H,24,25,28)/b20-12+. The molecule has 3 aromatic rings. The minimum atomic E-state index is -0.332. The zero-order chi connectivity index (χ0) is 20.5. The van der Waals surface area contributed by atoms with E-state index in [9.17, 15) is 14.3 Å². The van der Waals surface area contributed by atoms with Crippen LogP contribution in [0.1, 0.15) is 17.0 Å². The molecule has 4 rings (SSSR count). The highest BCUT2D eigenvalue weighted by atomic mass is 32.2. The highest BCUT2D eigenvalue weighted by molar-refractivity contribution is 8.18. The largest absolute Gasteiger partial charge is 0.508 e. The number of aromatic hydroxyl groups is 1. The van der Waals surface area contributed by atoms with Crippen molar-refractivity contribution < 1.29 is 14.3 Å². The average Bonchev–Trinajstić information content (AvgIpc) is 3.17. The van der Waals surface area contributed by atoms with Gasteiger partial charge >= 0.3 is 0 Å². The summed E-state index contributed by atoms with van der Waals surface area (Å²) in [7, 11) is 0. The Labute approximate surface area is 171 Å². The number of amidine groups is 1. The number of halogens is 1. The van der Waals surface area contributed by atoms with Gasteiger partial charge < -0.3 is 15.0 Å². The zero-order valence-corrected chi connectivity index (χ0v) is 16.6. The maximum absolute atomic E-state index is 13.0. The Balaban J connectivity index is 1.63. The summed E-state index contributed by atoms with van der Waals surface area (Å²) in [5, 5.41) is 12.7. The van der Waals surface area contributed by atoms with Crippen molar-refractivity contribution in [3.8, 4) is 11.4 Å². The first-order valence-corrected chi connectivity index (χ1v) is 9.76. The lowest BCUT2D eigenvalue weighted by molar-refractivity contribution is -0.115. The minimum absolute atomic E-state index is 0.213. The van der Waals surface area contributed by atoms with Crippen LogP contribution >= 0.6 is 11.8 Å². The molecule has 2 N–H and O–H groups in total. The van der Waals surface area contributed by atoms with Crippen LogP contribution in [0.4, 0.5) is 10.1 Å². The van der Waals surface area contributed by atoms with Crippen molar-refractivity contribution in [1.82, 2.24) is 9.88 Å². The molecule has 7 heteroatoms. The lowest BCUT2D eigenvalue weighted by Gasteiger charge is -2.09. The predicted molar refractivity (Wildman–Crippen MR) is 114 cm³/mol. The lowest BCUT2D eigenvalue weighted by atomic mass is 10.2. The van der Waals surface area contributed by atoms with Crippen molar-refractivity contribution >= 4 is 34.6 Å². The number of phenols is 1. The van der Waals surface area contributed by atoms with E-state index < -0.39 is 0 Å². The number of benzene rings is 2. The number of phenolic OH excluding ortho intramolecular Hbond substituents is 1. The molecule has 146 valence electrons. The van der Waals surface area contributed by atoms with Crippen LogP contribution < -0.4 is 5.32 Å². The Bertz CT molecular complexity index is 1150. The smallest absolute Gasteiger partial charge is 0.264 e. The van der Waals surface area contributed by atoms with Gasteiger partial charge in [0, 0.05) is 17.1 Å². The van der Waals surface area contributed by atoms with Crippen molar-refractivity contribution in [3.05, 3.63) is 82.3 Å². The SMILES string of the molecule is Cc1cc(/C=C2/SC(=Nc3ccc(F)cc3)NC2=O)c(C)n1-c1ccc(O)cc1. The normalized spacial score (nSPS) is 16.6. The average molecular weight is 407 g/mol. The van der Waals surface area contributed by atoms with E-state index in [1.165, 1.54) is 23.9 Å². The topological polar surface area (TPSA) is 66.6 Å². The van der Waals surface area contributed by atoms with Crippen molar-refractivity contribution in [2.45, 2.75) is 13.8 Å². The van der Waals surface area contributed by atoms with Crippen LogP contribution in [0.5, 0.6) is 5.75 Å². The van der Waals surface area contributed by atoms with Crippen LogP contribution in [0.25, 0.3) is 11.8 Å². The van der Waals surface area contributed by atoms with Crippen LogP contribution in [0.2, 0.25) is 0 Å². The number of nitrogens with one attached hydrogen (secondary N) is 1. The zero-order valence-electron chi connectivity index (χ0n) is 15.8. The molecule has 1 aliphatic heterocycles. The van der Waals surface area contributed by atoms with E-state index in [1.54, 1.807) is 24.3 Å². The number of carbonyl (C=O) groups is 1. The van der Waals surface area contributed by atoms with Gasteiger partial charge in [0.05, 0.1) is 10.6 Å². The Kier molecular flexibility index (Phi) is 4.98. The van der Waals surface area contributed by atoms with Crippen molar-refractivity contribution in [1.29, 1.82) is 0 Å². The van der Waals surface area contributed by atoms with Crippen LogP contribution in [0, 0.1) is 19.7 Å². The molecule has 0 radical (unpaired) electrons. The van der Waals surface area contributed by atoms with E-state index in [0.29, 0.717) is 15.8 Å². The number of aromatic nitrogens is 1. The van der Waals surface area contributed by atoms with Crippen molar-refractivity contribution in [3.63, 3.8) is 0 Å². The monoisotopic (exact) mass is 407 g/mol. The Morgan fingerprint density at radius 1 is 1.10 bits per heavy atom. The highest BCUT2D eigenvalue weighted by Gasteiger charge is 2.24. The molecule has 5 nitrogen and oxygen atoms in total. The molecule has 1 fully saturated rings. The van der Waals surface area contributed by atoms with Gasteiger partial charge in [-0.2, -0.15) is 0 Å². The number of hydrogen-bond acceptors (Lipinski definition) is 4. The van der Waals surface area contributed by atoms with E-state index in [0.717, 1.165) is 22.6 Å². The summed E-state index contributed by atoms with van der Waals surface area (Å²) in [5.74, 6) is -0.336. The van der Waals surface area contributed by atoms with Crippen molar-refractivity contribution in [2.75, 3.05) is 0 Å². The summed E-state index contributed by atoms with van der Waals surface area (Å²) in [6, 6.07) is 14.8. The van der Waals surface area contributed by atoms with Gasteiger partial charge in [-0.1, -0.05) is 0 Å². The number of thioether (sulfide) groups is 1. The van der Waals surface area contributed by atoms with Gasteiger partial charge in [-0.15, -0.1) is 0 Å². The van der Waals surface area contributed by atoms with Gasteiger partial charge in [-0.25, -0.2) is 9.38 Å². The predicted octanol–water partition coefficient (Wildman–Crippen LogP) is 4.83. The van der Waals surface area contributed by atoms with E-state index in [2.05, 4.69) is 14.9 Å². The number of carbonyl (C=O) groups excluding carboxylic acids is 1. The van der Waals surface area contributed by atoms with Gasteiger partial charge in [0.25, 0.3) is 5.91 Å². The third-order valence-corrected chi connectivity index (χ3v) is 5.48. The van der Waals surface area contributed by atoms with Gasteiger partial charge in [0.1, 0.15) is 11.6 Å². The molecule has 1 aliphatic rings. The molecule has 29 heavy (non-hydrogen) atoms. The third kappa shape index (κ3) is 3.95. The number of nitrogens with zero attached hydrogens (tertiary/aromatic N) is 2. The second-order valence-corrected chi connectivity index (χ2v) is 7.67. The number of hydrogen-bond donors (Lipinski definition) is 2. The lowest BCUT2D eigenvalue weighted by Crippen LogP contribution is -2.19. The molecular weight excluding hydrogens is 389 g/mol. The van der Waals surface area contributed by atoms with Gasteiger partial charge in [-0.05, 0) is 91.8 Å². The van der Waals surface area contributed by atoms with Gasteiger partial charge in [-0.3, -0.25) is 4.79 Å². The summed E-state index contributed by atoms with van der Waals surface area (Å²) >= 11 is 1.25. The molecule has 1 aromatic heterocycles. The highest BCUT2D eigenvalue weighted by Crippen LogP contribution is 2.30. The second-order valence-electron chi connectivity index (χ2n) is 6.64. The first kappa shape index (κ1) is 19.0. The quantitative estimate of drug-likeness (QED) is 0.611. The number of aryl methyl sites for hydroxylation is 1. The Morgan fingerprint density at radius 2 is 1.79 bits per heavy atom. The fourth-order valence-corrected chi connectivity index (χ4v) is 4.02. The first-order valence-electron chi connectivity index (χ1n) is 8.94. The number of aliphatic imine (C=N–C) groups is 1. The Hall–Kier alpha value is -3.32. The summed E-state index contributed by atoms with van der Waals surface area (Å²) in [6.45, 7) is 3.97. The summed E-state index contributed by atoms with van der Waals surface area (Å²) in [6.07, 6.45) is 1.84. The molecule has 0 spiro atoms. The fraction of sp³-hybridized carbons (Fsp3) is 0.0909. The van der Waals surface area contributed by atoms with Crippen LogP contribution in [0.3, 0.4) is 0 Å². The molecule has 1 saturated heterocycles. The molecule has 0 aliphatic carbocycles. The number of rotatable bonds is 3. The molecule has 2 heterocycles. The van der Waals surface area contributed by atoms with Crippen molar-refractivity contribution in [2.24, 2.45) is 4.99 Å². The van der Waals surface area contributed by atoms with E-state index >= 15 is 0 Å². The van der Waals surface area contributed by atoms with E-state index in [1.807, 2.05) is 38.1 Å². The maximum atomic E-state index is 13.0. The summed E-state index contributed by atoms with van der Waals surface area (Å²) in [5.41, 5.74) is 4.43. The molecule has 0 saturated carbocycles. The maximum Gasteiger partial charge on any atom is 0.264 e. The van der Waals surface area contributed by atoms with E-state index in [-0.39, 0.29) is 17.5 Å². The Morgan fingerprint density at radius 3 is 2.48 bits per heavy atom. The first-order chi connectivity index (χ1) is 13.9.